The van der Waals surface area contributed by atoms with Crippen LogP contribution in [0.25, 0.3) is 0 Å². The van der Waals surface area contributed by atoms with E-state index >= 15 is 0 Å². The van der Waals surface area contributed by atoms with Gasteiger partial charge in [0.2, 0.25) is 11.7 Å². The van der Waals surface area contributed by atoms with Gasteiger partial charge in [0.1, 0.15) is 0 Å². The highest BCUT2D eigenvalue weighted by atomic mass is 31.1. The molecule has 0 aliphatic rings. The van der Waals surface area contributed by atoms with Gasteiger partial charge in [-0.15, -0.1) is 0 Å². The van der Waals surface area contributed by atoms with Crippen molar-refractivity contribution in [3.8, 4) is 0 Å². The SMILES string of the molecule is F/C(=C(\F)C(F)(F)F)P(/C(F)=C(/F)C(F)(F)F)c1ccccc1. The largest absolute Gasteiger partial charge is 0.445 e. The molecule has 0 saturated heterocycles. The van der Waals surface area contributed by atoms with Gasteiger partial charge < -0.3 is 0 Å². The van der Waals surface area contributed by atoms with Crippen LogP contribution in [0.15, 0.2) is 53.1 Å². The summed E-state index contributed by atoms with van der Waals surface area (Å²) in [5.41, 5.74) is -5.70. The van der Waals surface area contributed by atoms with Crippen LogP contribution in [0, 0.1) is 0 Å². The Balaban J connectivity index is 3.60. The number of hydrogen-bond acceptors (Lipinski definition) is 0. The first-order valence-corrected chi connectivity index (χ1v) is 6.81. The van der Waals surface area contributed by atoms with Gasteiger partial charge in [0.15, 0.2) is 11.1 Å². The van der Waals surface area contributed by atoms with Gasteiger partial charge in [0, 0.05) is 0 Å². The number of rotatable bonds is 3. The van der Waals surface area contributed by atoms with Crippen molar-refractivity contribution in [1.82, 2.24) is 0 Å². The molecule has 1 rings (SSSR count). The Kier molecular flexibility index (Phi) is 5.84. The molecule has 0 fully saturated rings. The minimum Gasteiger partial charge on any atom is -0.203 e. The summed E-state index contributed by atoms with van der Waals surface area (Å²) in [5, 5.41) is -0.767. The molecule has 0 heterocycles. The molecular formula is C12H5F10P. The summed E-state index contributed by atoms with van der Waals surface area (Å²) < 4.78 is 126. The van der Waals surface area contributed by atoms with Gasteiger partial charge in [-0.25, -0.2) is 8.78 Å². The Morgan fingerprint density at radius 3 is 1.30 bits per heavy atom. The van der Waals surface area contributed by atoms with Crippen LogP contribution in [-0.4, -0.2) is 12.4 Å². The lowest BCUT2D eigenvalue weighted by atomic mass is 10.4. The van der Waals surface area contributed by atoms with Gasteiger partial charge in [-0.05, 0) is 5.30 Å². The number of alkyl halides is 6. The van der Waals surface area contributed by atoms with Crippen LogP contribution in [0.4, 0.5) is 43.9 Å². The fourth-order valence-electron chi connectivity index (χ4n) is 1.32. The number of allylic oxidation sites excluding steroid dienone is 2. The Hall–Kier alpha value is -1.57. The Morgan fingerprint density at radius 2 is 1.00 bits per heavy atom. The van der Waals surface area contributed by atoms with E-state index in [0.717, 1.165) is 24.3 Å². The normalized spacial score (nSPS) is 16.6. The first-order chi connectivity index (χ1) is 10.4. The first-order valence-electron chi connectivity index (χ1n) is 5.47. The third-order valence-electron chi connectivity index (χ3n) is 2.27. The summed E-state index contributed by atoms with van der Waals surface area (Å²) in [4.78, 5) is 0. The van der Waals surface area contributed by atoms with Crippen molar-refractivity contribution in [3.63, 3.8) is 0 Å². The summed E-state index contributed by atoms with van der Waals surface area (Å²) in [5.74, 6) is -6.84. The Bertz CT molecular complexity index is 575. The van der Waals surface area contributed by atoms with Crippen LogP contribution < -0.4 is 5.30 Å². The standard InChI is InChI=1S/C12H5F10P/c13-7(11(17,18)19)9(15)23(6-4-2-1-3-5-6)10(16)8(14)12(20,21)22/h1-5H/b9-7+,10-8+. The van der Waals surface area contributed by atoms with Crippen molar-refractivity contribution in [2.75, 3.05) is 0 Å². The van der Waals surface area contributed by atoms with E-state index in [1.165, 1.54) is 6.07 Å². The molecule has 0 aliphatic carbocycles. The molecule has 0 radical (unpaired) electrons. The summed E-state index contributed by atoms with van der Waals surface area (Å²) in [6.45, 7) is 0. The lowest BCUT2D eigenvalue weighted by Crippen LogP contribution is -2.14. The monoisotopic (exact) mass is 370 g/mol. The molecule has 0 saturated carbocycles. The van der Waals surface area contributed by atoms with Crippen LogP contribution in [0.3, 0.4) is 0 Å². The molecule has 1 aromatic rings. The average molecular weight is 370 g/mol. The van der Waals surface area contributed by atoms with E-state index in [0.29, 0.717) is 0 Å². The maximum atomic E-state index is 13.6. The highest BCUT2D eigenvalue weighted by molar-refractivity contribution is 7.73. The minimum absolute atomic E-state index is 0.748. The second-order valence-electron chi connectivity index (χ2n) is 3.88. The minimum atomic E-state index is -5.89. The van der Waals surface area contributed by atoms with Gasteiger partial charge in [0.05, 0.1) is 7.92 Å². The zero-order valence-electron chi connectivity index (χ0n) is 10.6. The second kappa shape index (κ2) is 6.90. The van der Waals surface area contributed by atoms with Crippen molar-refractivity contribution in [3.05, 3.63) is 53.1 Å². The molecule has 0 aliphatic heterocycles. The van der Waals surface area contributed by atoms with Crippen LogP contribution in [0.5, 0.6) is 0 Å². The van der Waals surface area contributed by atoms with Crippen LogP contribution in [-0.2, 0) is 0 Å². The maximum absolute atomic E-state index is 13.6. The molecule has 0 amide bonds. The maximum Gasteiger partial charge on any atom is 0.445 e. The molecule has 0 nitrogen and oxygen atoms in total. The van der Waals surface area contributed by atoms with Crippen LogP contribution in [0.1, 0.15) is 0 Å². The lowest BCUT2D eigenvalue weighted by Gasteiger charge is -2.17. The molecule has 0 spiro atoms. The molecule has 128 valence electrons. The summed E-state index contributed by atoms with van der Waals surface area (Å²) in [6, 6.07) is 4.79. The molecule has 11 heteroatoms. The van der Waals surface area contributed by atoms with E-state index in [1.807, 2.05) is 0 Å². The zero-order valence-corrected chi connectivity index (χ0v) is 11.5. The number of halogens is 10. The fraction of sp³-hybridized carbons (Fsp3) is 0.167. The number of hydrogen-bond donors (Lipinski definition) is 0. The van der Waals surface area contributed by atoms with Gasteiger partial charge in [-0.1, -0.05) is 30.3 Å². The topological polar surface area (TPSA) is 0 Å². The predicted molar refractivity (Wildman–Crippen MR) is 63.6 cm³/mol. The van der Waals surface area contributed by atoms with Crippen molar-refractivity contribution < 1.29 is 43.9 Å². The summed E-state index contributed by atoms with van der Waals surface area (Å²) in [6.07, 6.45) is -11.8. The molecule has 0 N–H and O–H groups in total. The van der Waals surface area contributed by atoms with Crippen LogP contribution in [0.2, 0.25) is 0 Å². The zero-order chi connectivity index (χ0) is 18.0. The van der Waals surface area contributed by atoms with E-state index < -0.39 is 48.4 Å². The third kappa shape index (κ3) is 4.70. The van der Waals surface area contributed by atoms with E-state index in [9.17, 15) is 43.9 Å². The molecule has 0 atom stereocenters. The smallest absolute Gasteiger partial charge is 0.203 e. The number of benzene rings is 1. The molecule has 0 bridgehead atoms. The fourth-order valence-corrected chi connectivity index (χ4v) is 3.06. The predicted octanol–water partition coefficient (Wildman–Crippen LogP) is 6.13. The first kappa shape index (κ1) is 19.5. The van der Waals surface area contributed by atoms with Crippen molar-refractivity contribution in [2.24, 2.45) is 0 Å². The van der Waals surface area contributed by atoms with Gasteiger partial charge >= 0.3 is 12.4 Å². The average Bonchev–Trinajstić information content (AvgIpc) is 2.44. The molecule has 1 aromatic carbocycles. The highest BCUT2D eigenvalue weighted by Gasteiger charge is 2.45. The van der Waals surface area contributed by atoms with Gasteiger partial charge in [-0.3, -0.25) is 0 Å². The molecule has 23 heavy (non-hydrogen) atoms. The third-order valence-corrected chi connectivity index (χ3v) is 4.26. The lowest BCUT2D eigenvalue weighted by molar-refractivity contribution is -0.110. The van der Waals surface area contributed by atoms with Crippen LogP contribution >= 0.6 is 7.92 Å². The Labute approximate surface area is 123 Å². The van der Waals surface area contributed by atoms with Gasteiger partial charge in [0.25, 0.3) is 0 Å². The molecule has 0 aromatic heterocycles. The van der Waals surface area contributed by atoms with E-state index in [-0.39, 0.29) is 0 Å². The van der Waals surface area contributed by atoms with E-state index in [4.69, 9.17) is 0 Å². The van der Waals surface area contributed by atoms with Crippen molar-refractivity contribution in [1.29, 1.82) is 0 Å². The highest BCUT2D eigenvalue weighted by Crippen LogP contribution is 2.58. The molecular weight excluding hydrogens is 365 g/mol. The quantitative estimate of drug-likeness (QED) is 0.443. The van der Waals surface area contributed by atoms with Crippen molar-refractivity contribution in [2.45, 2.75) is 12.4 Å². The summed E-state index contributed by atoms with van der Waals surface area (Å²) in [7, 11) is -3.95. The second-order valence-corrected chi connectivity index (χ2v) is 5.85. The summed E-state index contributed by atoms with van der Waals surface area (Å²) >= 11 is 0. The Morgan fingerprint density at radius 1 is 0.652 bits per heavy atom. The van der Waals surface area contributed by atoms with Crippen molar-refractivity contribution >= 4 is 13.2 Å². The van der Waals surface area contributed by atoms with E-state index in [1.54, 1.807) is 0 Å². The van der Waals surface area contributed by atoms with Gasteiger partial charge in [-0.2, -0.15) is 35.1 Å². The van der Waals surface area contributed by atoms with E-state index in [2.05, 4.69) is 0 Å². The molecule has 0 unspecified atom stereocenters.